The molecule has 0 spiro atoms. The van der Waals surface area contributed by atoms with Gasteiger partial charge >= 0.3 is 12.1 Å². The molecule has 0 unspecified atom stereocenters. The van der Waals surface area contributed by atoms with E-state index in [1.54, 1.807) is 12.1 Å². The fraction of sp³-hybridized carbons (Fsp3) is 0.423. The van der Waals surface area contributed by atoms with Crippen LogP contribution in [0.25, 0.3) is 6.08 Å². The Morgan fingerprint density at radius 2 is 1.66 bits per heavy atom. The summed E-state index contributed by atoms with van der Waals surface area (Å²) in [6, 6.07) is 11.1. The minimum atomic E-state index is -4.42. The number of alkyl halides is 3. The largest absolute Gasteiger partial charge is 0.423 e. The van der Waals surface area contributed by atoms with Gasteiger partial charge in [0.05, 0.1) is 11.1 Å². The number of carbonyl (C=O) groups is 1. The number of allylic oxidation sites excluding steroid dienone is 1. The van der Waals surface area contributed by atoms with E-state index in [9.17, 15) is 18.0 Å². The van der Waals surface area contributed by atoms with Gasteiger partial charge in [-0.15, -0.1) is 0 Å². The summed E-state index contributed by atoms with van der Waals surface area (Å²) in [5.74, 6) is 0.689. The van der Waals surface area contributed by atoms with Crippen LogP contribution in [0.15, 0.2) is 54.6 Å². The number of ether oxygens (including phenoxy) is 2. The lowest BCUT2D eigenvalue weighted by atomic mass is 9.82. The van der Waals surface area contributed by atoms with Crippen molar-refractivity contribution in [3.63, 3.8) is 0 Å². The first kappa shape index (κ1) is 24.1. The van der Waals surface area contributed by atoms with E-state index >= 15 is 0 Å². The van der Waals surface area contributed by atoms with Crippen molar-refractivity contribution in [3.05, 3.63) is 71.3 Å². The quantitative estimate of drug-likeness (QED) is 0.245. The second-order valence-corrected chi connectivity index (χ2v) is 8.25. The van der Waals surface area contributed by atoms with E-state index in [4.69, 9.17) is 9.47 Å². The standard InChI is InChI=1S/C26H29F3O3/c1-2-17-31-18-21-7-5-19(6-8-21)3-4-20-9-11-22(12-10-20)25(30)32-24-15-13-23(14-16-24)26(27,28)29/h3-4,9-16,19,21H,2,5-8,17-18H2,1H3. The predicted octanol–water partition coefficient (Wildman–Crippen LogP) is 7.17. The molecule has 1 saturated carbocycles. The zero-order chi connectivity index (χ0) is 23.0. The smallest absolute Gasteiger partial charge is 0.416 e. The van der Waals surface area contributed by atoms with Crippen LogP contribution in [0.4, 0.5) is 13.2 Å². The summed E-state index contributed by atoms with van der Waals surface area (Å²) in [5.41, 5.74) is 0.547. The summed E-state index contributed by atoms with van der Waals surface area (Å²) in [5, 5.41) is 0. The molecule has 0 aromatic heterocycles. The van der Waals surface area contributed by atoms with Gasteiger partial charge in [0, 0.05) is 13.2 Å². The summed E-state index contributed by atoms with van der Waals surface area (Å²) < 4.78 is 48.7. The minimum absolute atomic E-state index is 0.0719. The fourth-order valence-corrected chi connectivity index (χ4v) is 3.80. The number of hydrogen-bond donors (Lipinski definition) is 0. The molecule has 0 atom stereocenters. The summed E-state index contributed by atoms with van der Waals surface area (Å²) >= 11 is 0. The highest BCUT2D eigenvalue weighted by molar-refractivity contribution is 5.91. The van der Waals surface area contributed by atoms with Crippen molar-refractivity contribution in [2.45, 2.75) is 45.2 Å². The molecule has 2 aromatic rings. The molecule has 3 nitrogen and oxygen atoms in total. The summed E-state index contributed by atoms with van der Waals surface area (Å²) in [4.78, 5) is 12.3. The van der Waals surface area contributed by atoms with Crippen LogP contribution < -0.4 is 4.74 Å². The monoisotopic (exact) mass is 446 g/mol. The second kappa shape index (κ2) is 11.3. The van der Waals surface area contributed by atoms with Crippen LogP contribution in [0.5, 0.6) is 5.75 Å². The Bertz CT molecular complexity index is 878. The first-order valence-corrected chi connectivity index (χ1v) is 11.1. The highest BCUT2D eigenvalue weighted by atomic mass is 19.4. The first-order chi connectivity index (χ1) is 15.3. The predicted molar refractivity (Wildman–Crippen MR) is 118 cm³/mol. The Hall–Kier alpha value is -2.60. The average molecular weight is 447 g/mol. The third-order valence-corrected chi connectivity index (χ3v) is 5.69. The van der Waals surface area contributed by atoms with Crippen molar-refractivity contribution in [2.75, 3.05) is 13.2 Å². The van der Waals surface area contributed by atoms with Crippen LogP contribution in [0.2, 0.25) is 0 Å². The Balaban J connectivity index is 1.48. The van der Waals surface area contributed by atoms with Gasteiger partial charge in [-0.05, 0) is 85.9 Å². The molecule has 0 saturated heterocycles. The van der Waals surface area contributed by atoms with Crippen molar-refractivity contribution in [1.82, 2.24) is 0 Å². The normalized spacial score (nSPS) is 19.2. The number of carbonyl (C=O) groups excluding carboxylic acids is 1. The summed E-state index contributed by atoms with van der Waals surface area (Å²) in [6.07, 6.45) is 5.64. The Morgan fingerprint density at radius 3 is 2.25 bits per heavy atom. The van der Waals surface area contributed by atoms with Crippen molar-refractivity contribution < 1.29 is 27.4 Å². The van der Waals surface area contributed by atoms with Crippen molar-refractivity contribution in [1.29, 1.82) is 0 Å². The molecule has 0 amide bonds. The molecular formula is C26H29F3O3. The fourth-order valence-electron chi connectivity index (χ4n) is 3.80. The minimum Gasteiger partial charge on any atom is -0.423 e. The highest BCUT2D eigenvalue weighted by Crippen LogP contribution is 2.31. The lowest BCUT2D eigenvalue weighted by molar-refractivity contribution is -0.137. The molecule has 3 rings (SSSR count). The van der Waals surface area contributed by atoms with Crippen LogP contribution in [-0.2, 0) is 10.9 Å². The maximum atomic E-state index is 12.6. The maximum Gasteiger partial charge on any atom is 0.416 e. The summed E-state index contributed by atoms with van der Waals surface area (Å²) in [6.45, 7) is 3.83. The molecule has 6 heteroatoms. The molecule has 32 heavy (non-hydrogen) atoms. The van der Waals surface area contributed by atoms with Gasteiger partial charge in [0.15, 0.2) is 0 Å². The zero-order valence-electron chi connectivity index (χ0n) is 18.2. The van der Waals surface area contributed by atoms with E-state index < -0.39 is 17.7 Å². The van der Waals surface area contributed by atoms with Gasteiger partial charge < -0.3 is 9.47 Å². The third-order valence-electron chi connectivity index (χ3n) is 5.69. The number of halogens is 3. The van der Waals surface area contributed by atoms with Crippen LogP contribution in [0.1, 0.15) is 60.5 Å². The molecule has 1 aliphatic carbocycles. The van der Waals surface area contributed by atoms with E-state index in [1.807, 2.05) is 12.1 Å². The van der Waals surface area contributed by atoms with Crippen LogP contribution in [-0.4, -0.2) is 19.2 Å². The molecule has 1 aliphatic rings. The molecule has 0 radical (unpaired) electrons. The molecule has 172 valence electrons. The topological polar surface area (TPSA) is 35.5 Å². The molecule has 2 aromatic carbocycles. The van der Waals surface area contributed by atoms with Gasteiger partial charge in [0.1, 0.15) is 5.75 Å². The molecule has 0 heterocycles. The second-order valence-electron chi connectivity index (χ2n) is 8.25. The lowest BCUT2D eigenvalue weighted by Gasteiger charge is -2.26. The SMILES string of the molecule is CCCOCC1CCC(C=Cc2ccc(C(=O)Oc3ccc(C(F)(F)F)cc3)cc2)CC1. The Kier molecular flexibility index (Phi) is 8.51. The van der Waals surface area contributed by atoms with E-state index in [0.29, 0.717) is 17.4 Å². The van der Waals surface area contributed by atoms with Gasteiger partial charge in [-0.2, -0.15) is 13.2 Å². The number of esters is 1. The third kappa shape index (κ3) is 7.23. The van der Waals surface area contributed by atoms with E-state index in [1.165, 1.54) is 12.8 Å². The van der Waals surface area contributed by atoms with E-state index in [2.05, 4.69) is 19.1 Å². The molecule has 0 bridgehead atoms. The van der Waals surface area contributed by atoms with Crippen molar-refractivity contribution >= 4 is 12.0 Å². The first-order valence-electron chi connectivity index (χ1n) is 11.1. The van der Waals surface area contributed by atoms with E-state index in [-0.39, 0.29) is 5.75 Å². The number of benzene rings is 2. The Labute approximate surface area is 187 Å². The zero-order valence-corrected chi connectivity index (χ0v) is 18.2. The van der Waals surface area contributed by atoms with Gasteiger partial charge in [-0.3, -0.25) is 0 Å². The van der Waals surface area contributed by atoms with Crippen molar-refractivity contribution in [3.8, 4) is 5.75 Å². The van der Waals surface area contributed by atoms with Gasteiger partial charge in [0.25, 0.3) is 0 Å². The lowest BCUT2D eigenvalue weighted by Crippen LogP contribution is -2.18. The van der Waals surface area contributed by atoms with Gasteiger partial charge in [-0.1, -0.05) is 31.2 Å². The maximum absolute atomic E-state index is 12.6. The molecule has 0 N–H and O–H groups in total. The van der Waals surface area contributed by atoms with Crippen LogP contribution in [0.3, 0.4) is 0 Å². The molecular weight excluding hydrogens is 417 g/mol. The van der Waals surface area contributed by atoms with Gasteiger partial charge in [-0.25, -0.2) is 4.79 Å². The van der Waals surface area contributed by atoms with Gasteiger partial charge in [0.2, 0.25) is 0 Å². The van der Waals surface area contributed by atoms with E-state index in [0.717, 1.165) is 62.3 Å². The molecule has 0 aliphatic heterocycles. The highest BCUT2D eigenvalue weighted by Gasteiger charge is 2.30. The number of hydrogen-bond acceptors (Lipinski definition) is 3. The van der Waals surface area contributed by atoms with Crippen LogP contribution >= 0.6 is 0 Å². The van der Waals surface area contributed by atoms with Crippen molar-refractivity contribution in [2.24, 2.45) is 11.8 Å². The molecule has 1 fully saturated rings. The Morgan fingerprint density at radius 1 is 1.00 bits per heavy atom. The number of rotatable bonds is 8. The average Bonchev–Trinajstić information content (AvgIpc) is 2.79. The van der Waals surface area contributed by atoms with Crippen LogP contribution in [0, 0.1) is 11.8 Å². The summed E-state index contributed by atoms with van der Waals surface area (Å²) in [7, 11) is 0.